The molecule has 3 aromatic rings. The van der Waals surface area contributed by atoms with Crippen LogP contribution in [-0.2, 0) is 16.8 Å². The monoisotopic (exact) mass is 376 g/mol. The highest BCUT2D eigenvalue weighted by molar-refractivity contribution is 5.96. The van der Waals surface area contributed by atoms with Crippen molar-refractivity contribution < 1.29 is 18.7 Å². The lowest BCUT2D eigenvalue weighted by Crippen LogP contribution is -2.46. The van der Waals surface area contributed by atoms with Gasteiger partial charge in [0, 0.05) is 0 Å². The predicted molar refractivity (Wildman–Crippen MR) is 102 cm³/mol. The van der Waals surface area contributed by atoms with Gasteiger partial charge < -0.3 is 9.15 Å². The summed E-state index contributed by atoms with van der Waals surface area (Å²) in [5.74, 6) is 0.613. The molecule has 4 rings (SSSR count). The van der Waals surface area contributed by atoms with Gasteiger partial charge in [-0.25, -0.2) is 0 Å². The fraction of sp³-hybridized carbons (Fsp3) is 0.182. The molecule has 0 aliphatic heterocycles. The molecule has 0 radical (unpaired) electrons. The number of hydrogen-bond acceptors (Lipinski definition) is 4. The van der Waals surface area contributed by atoms with Crippen LogP contribution in [0.4, 0.5) is 0 Å². The van der Waals surface area contributed by atoms with Crippen LogP contribution in [0.15, 0.2) is 77.2 Å². The third-order valence-electron chi connectivity index (χ3n) is 4.81. The van der Waals surface area contributed by atoms with E-state index in [9.17, 15) is 9.59 Å². The van der Waals surface area contributed by atoms with Gasteiger partial charge in [-0.15, -0.1) is 0 Å². The molecule has 0 spiro atoms. The van der Waals surface area contributed by atoms with E-state index in [1.54, 1.807) is 12.1 Å². The van der Waals surface area contributed by atoms with E-state index in [2.05, 4.69) is 10.9 Å². The van der Waals surface area contributed by atoms with Crippen molar-refractivity contribution in [2.45, 2.75) is 24.9 Å². The predicted octanol–water partition coefficient (Wildman–Crippen LogP) is 3.35. The SMILES string of the molecule is O=C(NNC(=O)C1(c2ccccc2)CC1)c1ccc(COc2ccccc2)o1. The summed E-state index contributed by atoms with van der Waals surface area (Å²) in [7, 11) is 0. The summed E-state index contributed by atoms with van der Waals surface area (Å²) < 4.78 is 11.1. The van der Waals surface area contributed by atoms with E-state index < -0.39 is 11.3 Å². The number of benzene rings is 2. The van der Waals surface area contributed by atoms with Crippen molar-refractivity contribution in [2.75, 3.05) is 0 Å². The number of nitrogens with one attached hydrogen (secondary N) is 2. The maximum absolute atomic E-state index is 12.6. The van der Waals surface area contributed by atoms with Gasteiger partial charge in [-0.05, 0) is 42.7 Å². The highest BCUT2D eigenvalue weighted by Crippen LogP contribution is 2.48. The summed E-state index contributed by atoms with van der Waals surface area (Å²) in [6, 6.07) is 22.1. The molecule has 0 atom stereocenters. The number of rotatable bonds is 6. The molecule has 28 heavy (non-hydrogen) atoms. The van der Waals surface area contributed by atoms with Crippen LogP contribution >= 0.6 is 0 Å². The van der Waals surface area contributed by atoms with Crippen molar-refractivity contribution in [3.63, 3.8) is 0 Å². The quantitative estimate of drug-likeness (QED) is 0.647. The Morgan fingerprint density at radius 3 is 2.25 bits per heavy atom. The second-order valence-corrected chi connectivity index (χ2v) is 6.72. The normalized spacial score (nSPS) is 14.1. The molecule has 1 aliphatic carbocycles. The van der Waals surface area contributed by atoms with Crippen LogP contribution in [0.2, 0.25) is 0 Å². The van der Waals surface area contributed by atoms with Gasteiger partial charge in [-0.3, -0.25) is 20.4 Å². The van der Waals surface area contributed by atoms with E-state index in [-0.39, 0.29) is 18.3 Å². The number of amides is 2. The average Bonchev–Trinajstić information content (AvgIpc) is 3.43. The number of carbonyl (C=O) groups is 2. The third-order valence-corrected chi connectivity index (χ3v) is 4.81. The molecule has 2 amide bonds. The molecular weight excluding hydrogens is 356 g/mol. The molecule has 1 saturated carbocycles. The second-order valence-electron chi connectivity index (χ2n) is 6.72. The Morgan fingerprint density at radius 2 is 1.57 bits per heavy atom. The molecule has 2 N–H and O–H groups in total. The highest BCUT2D eigenvalue weighted by Gasteiger charge is 2.51. The van der Waals surface area contributed by atoms with Crippen molar-refractivity contribution in [3.05, 3.63) is 89.9 Å². The molecule has 1 fully saturated rings. The van der Waals surface area contributed by atoms with E-state index in [4.69, 9.17) is 9.15 Å². The Morgan fingerprint density at radius 1 is 0.893 bits per heavy atom. The molecule has 0 unspecified atom stereocenters. The van der Waals surface area contributed by atoms with E-state index in [0.29, 0.717) is 11.5 Å². The summed E-state index contributed by atoms with van der Waals surface area (Å²) in [6.07, 6.45) is 1.53. The minimum atomic E-state index is -0.549. The standard InChI is InChI=1S/C22H20N2O4/c25-20(19-12-11-18(28-19)15-27-17-9-5-2-6-10-17)23-24-21(26)22(13-14-22)16-7-3-1-4-8-16/h1-12H,13-15H2,(H,23,25)(H,24,26). The minimum absolute atomic E-state index is 0.108. The van der Waals surface area contributed by atoms with Crippen molar-refractivity contribution in [1.82, 2.24) is 10.9 Å². The smallest absolute Gasteiger partial charge is 0.305 e. The fourth-order valence-electron chi connectivity index (χ4n) is 3.07. The Balaban J connectivity index is 1.31. The third kappa shape index (κ3) is 3.76. The zero-order valence-electron chi connectivity index (χ0n) is 15.2. The van der Waals surface area contributed by atoms with Gasteiger partial charge in [0.25, 0.3) is 0 Å². The van der Waals surface area contributed by atoms with Crippen LogP contribution in [-0.4, -0.2) is 11.8 Å². The summed E-state index contributed by atoms with van der Waals surface area (Å²) >= 11 is 0. The van der Waals surface area contributed by atoms with Crippen LogP contribution in [0, 0.1) is 0 Å². The second kappa shape index (κ2) is 7.60. The van der Waals surface area contributed by atoms with E-state index >= 15 is 0 Å². The molecule has 6 nitrogen and oxygen atoms in total. The zero-order chi connectivity index (χ0) is 19.4. The van der Waals surface area contributed by atoms with Crippen LogP contribution in [0.3, 0.4) is 0 Å². The molecule has 142 valence electrons. The van der Waals surface area contributed by atoms with Crippen molar-refractivity contribution in [2.24, 2.45) is 0 Å². The number of furan rings is 1. The van der Waals surface area contributed by atoms with E-state index in [1.165, 1.54) is 0 Å². The summed E-state index contributed by atoms with van der Waals surface area (Å²) in [5, 5.41) is 0. The van der Waals surface area contributed by atoms with Gasteiger partial charge in [0.1, 0.15) is 18.1 Å². The number of carbonyl (C=O) groups excluding carboxylic acids is 2. The Kier molecular flexibility index (Phi) is 4.85. The van der Waals surface area contributed by atoms with Gasteiger partial charge in [0.2, 0.25) is 5.91 Å². The number of hydrogen-bond donors (Lipinski definition) is 2. The lowest BCUT2D eigenvalue weighted by molar-refractivity contribution is -0.124. The molecule has 2 aromatic carbocycles. The Hall–Kier alpha value is -3.54. The molecular formula is C22H20N2O4. The summed E-state index contributed by atoms with van der Waals surface area (Å²) in [6.45, 7) is 0.209. The Labute approximate surface area is 162 Å². The molecule has 1 aromatic heterocycles. The van der Waals surface area contributed by atoms with Gasteiger partial charge in [-0.2, -0.15) is 0 Å². The topological polar surface area (TPSA) is 80.6 Å². The van der Waals surface area contributed by atoms with E-state index in [1.807, 2.05) is 60.7 Å². The number of ether oxygens (including phenoxy) is 1. The van der Waals surface area contributed by atoms with Gasteiger partial charge >= 0.3 is 5.91 Å². The maximum atomic E-state index is 12.6. The first-order valence-electron chi connectivity index (χ1n) is 9.10. The van der Waals surface area contributed by atoms with Gasteiger partial charge in [-0.1, -0.05) is 48.5 Å². The number of para-hydroxylation sites is 1. The maximum Gasteiger partial charge on any atom is 0.305 e. The van der Waals surface area contributed by atoms with Gasteiger partial charge in [0.15, 0.2) is 5.76 Å². The lowest BCUT2D eigenvalue weighted by atomic mass is 9.95. The fourth-order valence-corrected chi connectivity index (χ4v) is 3.07. The summed E-state index contributed by atoms with van der Waals surface area (Å²) in [4.78, 5) is 24.8. The first-order valence-corrected chi connectivity index (χ1v) is 9.10. The number of hydrazine groups is 1. The minimum Gasteiger partial charge on any atom is -0.486 e. The van der Waals surface area contributed by atoms with Crippen molar-refractivity contribution in [3.8, 4) is 5.75 Å². The summed E-state index contributed by atoms with van der Waals surface area (Å²) in [5.41, 5.74) is 5.36. The average molecular weight is 376 g/mol. The molecule has 6 heteroatoms. The van der Waals surface area contributed by atoms with Crippen LogP contribution in [0.1, 0.15) is 34.7 Å². The Bertz CT molecular complexity index is 962. The van der Waals surface area contributed by atoms with Crippen molar-refractivity contribution in [1.29, 1.82) is 0 Å². The highest BCUT2D eigenvalue weighted by atomic mass is 16.5. The van der Waals surface area contributed by atoms with Gasteiger partial charge in [0.05, 0.1) is 5.41 Å². The van der Waals surface area contributed by atoms with Crippen LogP contribution in [0.5, 0.6) is 5.75 Å². The van der Waals surface area contributed by atoms with Crippen LogP contribution < -0.4 is 15.6 Å². The first kappa shape index (κ1) is 17.9. The van der Waals surface area contributed by atoms with Crippen LogP contribution in [0.25, 0.3) is 0 Å². The zero-order valence-corrected chi connectivity index (χ0v) is 15.2. The molecule has 1 heterocycles. The molecule has 0 saturated heterocycles. The van der Waals surface area contributed by atoms with E-state index in [0.717, 1.165) is 18.4 Å². The first-order chi connectivity index (χ1) is 13.7. The van der Waals surface area contributed by atoms with Crippen molar-refractivity contribution >= 4 is 11.8 Å². The largest absolute Gasteiger partial charge is 0.486 e. The lowest BCUT2D eigenvalue weighted by Gasteiger charge is -2.15. The molecule has 0 bridgehead atoms. The molecule has 1 aliphatic rings.